The molecule has 3 heterocycles. The number of H-pyrrole nitrogens is 1. The van der Waals surface area contributed by atoms with E-state index in [4.69, 9.17) is 9.72 Å². The summed E-state index contributed by atoms with van der Waals surface area (Å²) in [6, 6.07) is 8.03. The number of benzene rings is 1. The largest absolute Gasteiger partial charge is 0.496 e. The molecular weight excluding hydrogens is 404 g/mol. The van der Waals surface area contributed by atoms with E-state index in [2.05, 4.69) is 16.0 Å². The van der Waals surface area contributed by atoms with Crippen LogP contribution in [0.3, 0.4) is 0 Å². The zero-order valence-corrected chi connectivity index (χ0v) is 18.2. The van der Waals surface area contributed by atoms with Gasteiger partial charge in [0.1, 0.15) is 11.6 Å². The fraction of sp³-hybridized carbons (Fsp3) is 0.524. The molecule has 30 heavy (non-hydrogen) atoms. The summed E-state index contributed by atoms with van der Waals surface area (Å²) in [7, 11) is -1.64. The molecule has 1 N–H and O–H groups in total. The minimum Gasteiger partial charge on any atom is -0.496 e. The standard InChI is InChI=1S/C21H28N4O4S/c1-29-19-8-4-3-6-15(19)12-24-10-5-7-16(13-24)20-22-18-9-11-25(30(2,27)28)14-17(18)21(26)23-20/h3-4,6,8,16H,5,7,9-14H2,1-2H3,(H,22,23,26). The molecule has 8 nitrogen and oxygen atoms in total. The van der Waals surface area contributed by atoms with Crippen molar-refractivity contribution >= 4 is 10.0 Å². The van der Waals surface area contributed by atoms with E-state index in [-0.39, 0.29) is 18.0 Å². The summed E-state index contributed by atoms with van der Waals surface area (Å²) in [5.74, 6) is 1.76. The Labute approximate surface area is 176 Å². The van der Waals surface area contributed by atoms with Crippen LogP contribution in [0.1, 0.15) is 41.4 Å². The first-order valence-corrected chi connectivity index (χ1v) is 12.1. The molecule has 2 aliphatic heterocycles. The van der Waals surface area contributed by atoms with Gasteiger partial charge in [0, 0.05) is 44.1 Å². The number of piperidine rings is 1. The number of nitrogens with zero attached hydrogens (tertiary/aromatic N) is 3. The van der Waals surface area contributed by atoms with Gasteiger partial charge < -0.3 is 9.72 Å². The van der Waals surface area contributed by atoms with Gasteiger partial charge in [-0.25, -0.2) is 13.4 Å². The van der Waals surface area contributed by atoms with Gasteiger partial charge in [-0.15, -0.1) is 0 Å². The fourth-order valence-electron chi connectivity index (χ4n) is 4.39. The zero-order valence-electron chi connectivity index (χ0n) is 17.4. The normalized spacial score (nSPS) is 20.7. The Morgan fingerprint density at radius 3 is 2.83 bits per heavy atom. The van der Waals surface area contributed by atoms with E-state index < -0.39 is 10.0 Å². The molecular formula is C21H28N4O4S. The Morgan fingerprint density at radius 2 is 2.07 bits per heavy atom. The van der Waals surface area contributed by atoms with Crippen molar-refractivity contribution in [1.29, 1.82) is 0 Å². The summed E-state index contributed by atoms with van der Waals surface area (Å²) >= 11 is 0. The molecule has 2 aromatic rings. The maximum atomic E-state index is 12.7. The van der Waals surface area contributed by atoms with Crippen molar-refractivity contribution in [3.63, 3.8) is 0 Å². The number of nitrogens with one attached hydrogen (secondary N) is 1. The van der Waals surface area contributed by atoms with Crippen molar-refractivity contribution in [2.45, 2.75) is 38.3 Å². The van der Waals surface area contributed by atoms with E-state index in [9.17, 15) is 13.2 Å². The molecule has 0 aliphatic carbocycles. The second-order valence-electron chi connectivity index (χ2n) is 8.11. The molecule has 0 spiro atoms. The van der Waals surface area contributed by atoms with Crippen molar-refractivity contribution in [3.8, 4) is 5.75 Å². The molecule has 162 valence electrons. The monoisotopic (exact) mass is 432 g/mol. The molecule has 0 saturated carbocycles. The smallest absolute Gasteiger partial charge is 0.255 e. The minimum absolute atomic E-state index is 0.0986. The number of methoxy groups -OCH3 is 1. The Kier molecular flexibility index (Phi) is 5.95. The zero-order chi connectivity index (χ0) is 21.3. The van der Waals surface area contributed by atoms with Gasteiger partial charge >= 0.3 is 0 Å². The van der Waals surface area contributed by atoms with Crippen LogP contribution in [0.5, 0.6) is 5.75 Å². The highest BCUT2D eigenvalue weighted by molar-refractivity contribution is 7.88. The Hall–Kier alpha value is -2.23. The fourth-order valence-corrected chi connectivity index (χ4v) is 5.18. The quantitative estimate of drug-likeness (QED) is 0.769. The molecule has 0 amide bonds. The maximum Gasteiger partial charge on any atom is 0.255 e. The molecule has 1 unspecified atom stereocenters. The predicted octanol–water partition coefficient (Wildman–Crippen LogP) is 1.48. The van der Waals surface area contributed by atoms with Crippen molar-refractivity contribution in [2.24, 2.45) is 0 Å². The van der Waals surface area contributed by atoms with E-state index in [0.29, 0.717) is 18.5 Å². The molecule has 1 fully saturated rings. The number of sulfonamides is 1. The van der Waals surface area contributed by atoms with Gasteiger partial charge in [0.05, 0.1) is 24.6 Å². The van der Waals surface area contributed by atoms with Gasteiger partial charge in [-0.3, -0.25) is 9.69 Å². The van der Waals surface area contributed by atoms with Crippen molar-refractivity contribution < 1.29 is 13.2 Å². The molecule has 1 aromatic heterocycles. The third kappa shape index (κ3) is 4.43. The van der Waals surface area contributed by atoms with Crippen LogP contribution in [-0.2, 0) is 29.5 Å². The van der Waals surface area contributed by atoms with Gasteiger partial charge in [0.25, 0.3) is 5.56 Å². The van der Waals surface area contributed by atoms with Crippen LogP contribution in [0.25, 0.3) is 0 Å². The Balaban J connectivity index is 1.52. The van der Waals surface area contributed by atoms with E-state index in [1.807, 2.05) is 18.2 Å². The van der Waals surface area contributed by atoms with Crippen LogP contribution in [0.4, 0.5) is 0 Å². The lowest BCUT2D eigenvalue weighted by Crippen LogP contribution is -2.40. The number of hydrogen-bond acceptors (Lipinski definition) is 6. The second kappa shape index (κ2) is 8.49. The minimum atomic E-state index is -3.32. The van der Waals surface area contributed by atoms with Gasteiger partial charge in [-0.2, -0.15) is 4.31 Å². The number of rotatable bonds is 5. The number of aromatic nitrogens is 2. The van der Waals surface area contributed by atoms with E-state index >= 15 is 0 Å². The second-order valence-corrected chi connectivity index (χ2v) is 10.1. The summed E-state index contributed by atoms with van der Waals surface area (Å²) in [5, 5.41) is 0. The molecule has 9 heteroatoms. The summed E-state index contributed by atoms with van der Waals surface area (Å²) in [6.07, 6.45) is 3.64. The third-order valence-corrected chi connectivity index (χ3v) is 7.25. The van der Waals surface area contributed by atoms with Crippen molar-refractivity contribution in [3.05, 3.63) is 57.3 Å². The van der Waals surface area contributed by atoms with Crippen LogP contribution in [0, 0.1) is 0 Å². The molecule has 1 aromatic carbocycles. The highest BCUT2D eigenvalue weighted by atomic mass is 32.2. The molecule has 1 saturated heterocycles. The Morgan fingerprint density at radius 1 is 1.27 bits per heavy atom. The van der Waals surface area contributed by atoms with Crippen molar-refractivity contribution in [1.82, 2.24) is 19.2 Å². The number of hydrogen-bond donors (Lipinski definition) is 1. The molecule has 4 rings (SSSR count). The number of ether oxygens (including phenoxy) is 1. The summed E-state index contributed by atoms with van der Waals surface area (Å²) in [5.41, 5.74) is 2.13. The third-order valence-electron chi connectivity index (χ3n) is 6.00. The summed E-state index contributed by atoms with van der Waals surface area (Å²) in [6.45, 7) is 3.06. The molecule has 1 atom stereocenters. The number of likely N-dealkylation sites (tertiary alicyclic amines) is 1. The highest BCUT2D eigenvalue weighted by Gasteiger charge is 2.29. The Bertz CT molecular complexity index is 1080. The first kappa shape index (κ1) is 21.0. The van der Waals surface area contributed by atoms with Gasteiger partial charge in [-0.1, -0.05) is 18.2 Å². The number of fused-ring (bicyclic) bond motifs is 1. The topological polar surface area (TPSA) is 95.6 Å². The summed E-state index contributed by atoms with van der Waals surface area (Å²) in [4.78, 5) is 22.8. The first-order valence-electron chi connectivity index (χ1n) is 10.3. The van der Waals surface area contributed by atoms with Crippen LogP contribution >= 0.6 is 0 Å². The van der Waals surface area contributed by atoms with Crippen molar-refractivity contribution in [2.75, 3.05) is 33.0 Å². The van der Waals surface area contributed by atoms with Gasteiger partial charge in [-0.05, 0) is 25.5 Å². The van der Waals surface area contributed by atoms with Gasteiger partial charge in [0.2, 0.25) is 10.0 Å². The van der Waals surface area contributed by atoms with E-state index in [1.54, 1.807) is 7.11 Å². The molecule has 0 radical (unpaired) electrons. The average Bonchev–Trinajstić information content (AvgIpc) is 2.73. The lowest BCUT2D eigenvalue weighted by atomic mass is 9.96. The molecule has 2 aliphatic rings. The van der Waals surface area contributed by atoms with Gasteiger partial charge in [0.15, 0.2) is 0 Å². The average molecular weight is 433 g/mol. The SMILES string of the molecule is COc1ccccc1CN1CCCC(c2nc3c(c(=O)[nH]2)CN(S(C)(=O)=O)CC3)C1. The first-order chi connectivity index (χ1) is 14.3. The molecule has 0 bridgehead atoms. The lowest BCUT2D eigenvalue weighted by Gasteiger charge is -2.33. The van der Waals surface area contributed by atoms with E-state index in [1.165, 1.54) is 10.6 Å². The van der Waals surface area contributed by atoms with Crippen LogP contribution < -0.4 is 10.3 Å². The number of para-hydroxylation sites is 1. The predicted molar refractivity (Wildman–Crippen MR) is 114 cm³/mol. The lowest BCUT2D eigenvalue weighted by molar-refractivity contribution is 0.194. The van der Waals surface area contributed by atoms with Crippen LogP contribution in [0.15, 0.2) is 29.1 Å². The van der Waals surface area contributed by atoms with Crippen LogP contribution in [-0.4, -0.2) is 60.6 Å². The van der Waals surface area contributed by atoms with E-state index in [0.717, 1.165) is 55.3 Å². The maximum absolute atomic E-state index is 12.7. The number of aromatic amines is 1. The summed E-state index contributed by atoms with van der Waals surface area (Å²) < 4.78 is 30.5. The highest BCUT2D eigenvalue weighted by Crippen LogP contribution is 2.28. The van der Waals surface area contributed by atoms with Crippen LogP contribution in [0.2, 0.25) is 0 Å².